The molecule has 0 radical (unpaired) electrons. The second-order valence-electron chi connectivity index (χ2n) is 25.3. The van der Waals surface area contributed by atoms with E-state index in [0.29, 0.717) is 25.9 Å². The maximum absolute atomic E-state index is 12.5. The number of rotatable bonds is 69. The van der Waals surface area contributed by atoms with Gasteiger partial charge in [-0.3, -0.25) is 9.59 Å². The summed E-state index contributed by atoms with van der Waals surface area (Å²) >= 11 is 0. The number of aliphatic hydroxyl groups is 2. The van der Waals surface area contributed by atoms with Gasteiger partial charge in [0, 0.05) is 12.8 Å². The number of hydrogen-bond acceptors (Lipinski definition) is 5. The summed E-state index contributed by atoms with van der Waals surface area (Å²) in [5.41, 5.74) is 0. The van der Waals surface area contributed by atoms with Crippen molar-refractivity contribution in [1.82, 2.24) is 5.32 Å². The van der Waals surface area contributed by atoms with Crippen LogP contribution in [-0.2, 0) is 14.3 Å². The Labute approximate surface area is 501 Å². The molecule has 2 unspecified atom stereocenters. The normalized spacial score (nSPS) is 12.6. The van der Waals surface area contributed by atoms with E-state index in [-0.39, 0.29) is 18.5 Å². The monoisotopic (exact) mass is 1130 g/mol. The molecule has 0 aromatic rings. The zero-order valence-electron chi connectivity index (χ0n) is 54.3. The molecule has 0 saturated carbocycles. The van der Waals surface area contributed by atoms with Crippen LogP contribution in [0, 0.1) is 0 Å². The van der Waals surface area contributed by atoms with E-state index in [2.05, 4.69) is 43.5 Å². The summed E-state index contributed by atoms with van der Waals surface area (Å²) in [4.78, 5) is 24.6. The van der Waals surface area contributed by atoms with Crippen LogP contribution in [0.2, 0.25) is 0 Å². The minimum absolute atomic E-state index is 0.00781. The van der Waals surface area contributed by atoms with E-state index in [1.807, 2.05) is 0 Å². The molecule has 0 aromatic carbocycles. The first-order valence-electron chi connectivity index (χ1n) is 36.6. The second kappa shape index (κ2) is 69.8. The molecular weight excluding hydrogens is 983 g/mol. The van der Waals surface area contributed by atoms with Crippen molar-refractivity contribution in [1.29, 1.82) is 0 Å². The Balaban J connectivity index is 3.32. The molecule has 2 atom stereocenters. The number of esters is 1. The van der Waals surface area contributed by atoms with Crippen LogP contribution in [0.4, 0.5) is 0 Å². The van der Waals surface area contributed by atoms with Crippen LogP contribution >= 0.6 is 0 Å². The Bertz CT molecular complexity index is 1250. The van der Waals surface area contributed by atoms with Gasteiger partial charge in [-0.15, -0.1) is 0 Å². The van der Waals surface area contributed by atoms with Gasteiger partial charge in [0.25, 0.3) is 0 Å². The van der Waals surface area contributed by atoms with Crippen LogP contribution in [0.3, 0.4) is 0 Å². The summed E-state index contributed by atoms with van der Waals surface area (Å²) in [6.45, 7) is 4.96. The van der Waals surface area contributed by atoms with Gasteiger partial charge in [0.05, 0.1) is 25.4 Å². The fourth-order valence-corrected chi connectivity index (χ4v) is 11.7. The lowest BCUT2D eigenvalue weighted by molar-refractivity contribution is -0.143. The Morgan fingerprint density at radius 2 is 0.625 bits per heavy atom. The smallest absolute Gasteiger partial charge is 0.305 e. The molecule has 3 N–H and O–H groups in total. The SMILES string of the molecule is CCCCC/C=C\C/C=C\CCCCCCCC(=O)OCCCCCCCCCCCCCCCCCCCCCCCCCCCCCCCCCCC(=O)NC(CO)C(O)CCCCCCCCCCCCCCCCCC. The van der Waals surface area contributed by atoms with E-state index < -0.39 is 12.1 Å². The van der Waals surface area contributed by atoms with E-state index in [4.69, 9.17) is 4.74 Å². The molecule has 0 fully saturated rings. The fourth-order valence-electron chi connectivity index (χ4n) is 11.7. The predicted molar refractivity (Wildman–Crippen MR) is 352 cm³/mol. The number of ether oxygens (including phenoxy) is 1. The van der Waals surface area contributed by atoms with E-state index in [0.717, 1.165) is 51.4 Å². The second-order valence-corrected chi connectivity index (χ2v) is 25.3. The molecule has 0 aliphatic carbocycles. The molecule has 0 rings (SSSR count). The van der Waals surface area contributed by atoms with Gasteiger partial charge in [0.15, 0.2) is 0 Å². The number of hydrogen-bond donors (Lipinski definition) is 3. The van der Waals surface area contributed by atoms with Crippen LogP contribution < -0.4 is 5.32 Å². The summed E-state index contributed by atoms with van der Waals surface area (Å²) in [5.74, 6) is -0.0191. The maximum atomic E-state index is 12.5. The third-order valence-electron chi connectivity index (χ3n) is 17.3. The van der Waals surface area contributed by atoms with Crippen molar-refractivity contribution in [2.45, 2.75) is 424 Å². The molecule has 0 heterocycles. The summed E-state index contributed by atoms with van der Waals surface area (Å²) in [5, 5.41) is 23.4. The highest BCUT2D eigenvalue weighted by molar-refractivity contribution is 5.76. The minimum Gasteiger partial charge on any atom is -0.466 e. The van der Waals surface area contributed by atoms with Gasteiger partial charge in [0.2, 0.25) is 5.91 Å². The van der Waals surface area contributed by atoms with Crippen LogP contribution in [0.1, 0.15) is 412 Å². The van der Waals surface area contributed by atoms with E-state index in [1.54, 1.807) is 0 Å². The Morgan fingerprint density at radius 3 is 0.975 bits per heavy atom. The maximum Gasteiger partial charge on any atom is 0.305 e. The summed E-state index contributed by atoms with van der Waals surface area (Å²) < 4.78 is 5.49. The zero-order chi connectivity index (χ0) is 57.8. The lowest BCUT2D eigenvalue weighted by atomic mass is 10.0. The van der Waals surface area contributed by atoms with Gasteiger partial charge in [-0.05, 0) is 57.8 Å². The third kappa shape index (κ3) is 65.5. The van der Waals surface area contributed by atoms with Gasteiger partial charge in [-0.25, -0.2) is 0 Å². The Morgan fingerprint density at radius 1 is 0.350 bits per heavy atom. The quantitative estimate of drug-likeness (QED) is 0.0320. The predicted octanol–water partition coefficient (Wildman–Crippen LogP) is 23.7. The number of nitrogens with one attached hydrogen (secondary N) is 1. The molecule has 0 saturated heterocycles. The summed E-state index contributed by atoms with van der Waals surface area (Å²) in [6, 6.07) is -0.538. The number of aliphatic hydroxyl groups excluding tert-OH is 2. The molecule has 474 valence electrons. The number of allylic oxidation sites excluding steroid dienone is 4. The van der Waals surface area contributed by atoms with E-state index >= 15 is 0 Å². The molecule has 0 aliphatic rings. The Hall–Kier alpha value is -1.66. The first-order chi connectivity index (χ1) is 39.5. The molecule has 0 aromatic heterocycles. The minimum atomic E-state index is -0.661. The highest BCUT2D eigenvalue weighted by Gasteiger charge is 2.20. The van der Waals surface area contributed by atoms with Crippen LogP contribution in [0.5, 0.6) is 0 Å². The molecule has 80 heavy (non-hydrogen) atoms. The van der Waals surface area contributed by atoms with Crippen molar-refractivity contribution in [3.8, 4) is 0 Å². The summed E-state index contributed by atoms with van der Waals surface area (Å²) in [6.07, 6.45) is 88.2. The topological polar surface area (TPSA) is 95.9 Å². The third-order valence-corrected chi connectivity index (χ3v) is 17.3. The standard InChI is InChI=1S/C74H143NO5/c1-3-5-7-9-11-13-15-17-19-39-42-46-50-54-58-62-66-72(77)71(70-76)75-73(78)67-63-59-55-51-47-43-40-36-34-32-30-28-26-24-22-20-21-23-25-27-29-31-33-35-37-41-45-49-53-57-61-65-69-80-74(79)68-64-60-56-52-48-44-38-18-16-14-12-10-8-6-4-2/h12,14,18,38,71-72,76-77H,3-11,13,15-17,19-37,39-70H2,1-2H3,(H,75,78)/b14-12-,38-18-. The van der Waals surface area contributed by atoms with Gasteiger partial charge in [0.1, 0.15) is 0 Å². The lowest BCUT2D eigenvalue weighted by Crippen LogP contribution is -2.45. The fraction of sp³-hybridized carbons (Fsp3) is 0.919. The molecule has 6 nitrogen and oxygen atoms in total. The number of carbonyl (C=O) groups excluding carboxylic acids is 2. The lowest BCUT2D eigenvalue weighted by Gasteiger charge is -2.22. The molecule has 0 bridgehead atoms. The van der Waals surface area contributed by atoms with Crippen molar-refractivity contribution < 1.29 is 24.5 Å². The van der Waals surface area contributed by atoms with Crippen molar-refractivity contribution in [2.75, 3.05) is 13.2 Å². The largest absolute Gasteiger partial charge is 0.466 e. The first kappa shape index (κ1) is 78.3. The molecule has 1 amide bonds. The van der Waals surface area contributed by atoms with Crippen molar-refractivity contribution >= 4 is 11.9 Å². The van der Waals surface area contributed by atoms with Gasteiger partial charge < -0.3 is 20.3 Å². The van der Waals surface area contributed by atoms with Gasteiger partial charge in [-0.1, -0.05) is 366 Å². The first-order valence-corrected chi connectivity index (χ1v) is 36.6. The van der Waals surface area contributed by atoms with E-state index in [1.165, 1.54) is 327 Å². The van der Waals surface area contributed by atoms with Gasteiger partial charge >= 0.3 is 5.97 Å². The van der Waals surface area contributed by atoms with Crippen molar-refractivity contribution in [2.24, 2.45) is 0 Å². The highest BCUT2D eigenvalue weighted by Crippen LogP contribution is 2.19. The molecule has 0 spiro atoms. The average molecular weight is 1130 g/mol. The van der Waals surface area contributed by atoms with E-state index in [9.17, 15) is 19.8 Å². The van der Waals surface area contributed by atoms with Crippen LogP contribution in [0.15, 0.2) is 24.3 Å². The van der Waals surface area contributed by atoms with Crippen LogP contribution in [0.25, 0.3) is 0 Å². The Kier molecular flexibility index (Phi) is 68.4. The molecule has 0 aliphatic heterocycles. The zero-order valence-corrected chi connectivity index (χ0v) is 54.3. The van der Waals surface area contributed by atoms with Crippen molar-refractivity contribution in [3.05, 3.63) is 24.3 Å². The van der Waals surface area contributed by atoms with Crippen molar-refractivity contribution in [3.63, 3.8) is 0 Å². The molecule has 6 heteroatoms. The number of amides is 1. The number of carbonyl (C=O) groups is 2. The van der Waals surface area contributed by atoms with Crippen LogP contribution in [-0.4, -0.2) is 47.4 Å². The highest BCUT2D eigenvalue weighted by atomic mass is 16.5. The average Bonchev–Trinajstić information content (AvgIpc) is 3.46. The molecular formula is C74H143NO5. The van der Waals surface area contributed by atoms with Gasteiger partial charge in [-0.2, -0.15) is 0 Å². The number of unbranched alkanes of at least 4 members (excludes halogenated alkanes) is 54. The summed E-state index contributed by atoms with van der Waals surface area (Å²) in [7, 11) is 0.